The number of amides is 1. The van der Waals surface area contributed by atoms with Gasteiger partial charge in [0.15, 0.2) is 5.17 Å². The van der Waals surface area contributed by atoms with Crippen LogP contribution >= 0.6 is 11.8 Å². The van der Waals surface area contributed by atoms with Crippen LogP contribution in [0.1, 0.15) is 47.0 Å². The Labute approximate surface area is 127 Å². The Hall–Kier alpha value is -0.710. The maximum Gasteiger partial charge on any atom is 0.224 e. The number of hydrogen-bond donors (Lipinski definition) is 1. The molecule has 1 amide bonds. The lowest BCUT2D eigenvalue weighted by Gasteiger charge is -2.33. The molecule has 0 saturated heterocycles. The van der Waals surface area contributed by atoms with Gasteiger partial charge in [0.2, 0.25) is 5.91 Å². The molecule has 0 aromatic carbocycles. The van der Waals surface area contributed by atoms with E-state index < -0.39 is 0 Å². The highest BCUT2D eigenvalue weighted by Crippen LogP contribution is 2.34. The van der Waals surface area contributed by atoms with Gasteiger partial charge in [-0.2, -0.15) is 0 Å². The number of carbonyl (C=O) groups is 1. The van der Waals surface area contributed by atoms with E-state index in [1.807, 2.05) is 18.7 Å². The number of carbonyl (C=O) groups excluding carboxylic acids is 1. The van der Waals surface area contributed by atoms with Crippen molar-refractivity contribution < 1.29 is 4.79 Å². The first-order chi connectivity index (χ1) is 9.60. The van der Waals surface area contributed by atoms with Crippen LogP contribution in [-0.2, 0) is 4.79 Å². The van der Waals surface area contributed by atoms with Crippen molar-refractivity contribution >= 4 is 22.8 Å². The zero-order valence-corrected chi connectivity index (χ0v) is 14.2. The van der Waals surface area contributed by atoms with Gasteiger partial charge in [0.1, 0.15) is 0 Å². The van der Waals surface area contributed by atoms with E-state index in [4.69, 9.17) is 0 Å². The van der Waals surface area contributed by atoms with Gasteiger partial charge < -0.3 is 10.2 Å². The maximum absolute atomic E-state index is 11.9. The van der Waals surface area contributed by atoms with Gasteiger partial charge in [-0.3, -0.25) is 9.79 Å². The molecule has 1 heterocycles. The maximum atomic E-state index is 11.9. The molecule has 116 valence electrons. The lowest BCUT2D eigenvalue weighted by Crippen LogP contribution is -2.37. The van der Waals surface area contributed by atoms with E-state index in [0.717, 1.165) is 30.6 Å². The normalized spacial score (nSPS) is 17.5. The molecule has 1 rings (SSSR count). The number of aliphatic imine (C=N–C) groups is 1. The van der Waals surface area contributed by atoms with Crippen LogP contribution in [-0.4, -0.2) is 47.9 Å². The molecule has 0 unspecified atom stereocenters. The SMILES string of the molecule is CCN(CC)C(=O)CCNC1=NCC(CC)(CC)CS1. The van der Waals surface area contributed by atoms with Crippen molar-refractivity contribution in [1.82, 2.24) is 10.2 Å². The van der Waals surface area contributed by atoms with Crippen LogP contribution in [0.15, 0.2) is 4.99 Å². The summed E-state index contributed by atoms with van der Waals surface area (Å²) in [6.07, 6.45) is 2.93. The van der Waals surface area contributed by atoms with Gasteiger partial charge in [-0.15, -0.1) is 0 Å². The molecule has 0 radical (unpaired) electrons. The zero-order chi connectivity index (χ0) is 15.0. The molecule has 0 bridgehead atoms. The van der Waals surface area contributed by atoms with Crippen molar-refractivity contribution in [2.24, 2.45) is 10.4 Å². The lowest BCUT2D eigenvalue weighted by atomic mass is 9.84. The highest BCUT2D eigenvalue weighted by molar-refractivity contribution is 8.13. The molecule has 20 heavy (non-hydrogen) atoms. The molecule has 1 aliphatic heterocycles. The van der Waals surface area contributed by atoms with Crippen molar-refractivity contribution in [2.75, 3.05) is 31.9 Å². The Morgan fingerprint density at radius 2 is 1.95 bits per heavy atom. The summed E-state index contributed by atoms with van der Waals surface area (Å²) in [5.41, 5.74) is 0.382. The number of nitrogens with zero attached hydrogens (tertiary/aromatic N) is 2. The van der Waals surface area contributed by atoms with Crippen molar-refractivity contribution in [3.8, 4) is 0 Å². The van der Waals surface area contributed by atoms with Gasteiger partial charge >= 0.3 is 0 Å². The molecule has 0 atom stereocenters. The summed E-state index contributed by atoms with van der Waals surface area (Å²) < 4.78 is 0. The minimum absolute atomic E-state index is 0.223. The second kappa shape index (κ2) is 8.55. The predicted molar refractivity (Wildman–Crippen MR) is 88.3 cm³/mol. The number of amidine groups is 1. The topological polar surface area (TPSA) is 44.7 Å². The van der Waals surface area contributed by atoms with E-state index in [0.29, 0.717) is 18.4 Å². The molecule has 4 nitrogen and oxygen atoms in total. The molecular formula is C15H29N3OS. The lowest BCUT2D eigenvalue weighted by molar-refractivity contribution is -0.130. The van der Waals surface area contributed by atoms with Crippen LogP contribution in [0, 0.1) is 5.41 Å². The quantitative estimate of drug-likeness (QED) is 0.786. The van der Waals surface area contributed by atoms with Crippen LogP contribution in [0.2, 0.25) is 0 Å². The first-order valence-corrected chi connectivity index (χ1v) is 8.78. The standard InChI is InChI=1S/C15H29N3OS/c1-5-15(6-2)11-17-14(20-12-15)16-10-9-13(19)18(7-3)8-4/h5-12H2,1-4H3,(H,16,17). The third-order valence-corrected chi connectivity index (χ3v) is 5.61. The largest absolute Gasteiger partial charge is 0.364 e. The number of hydrogen-bond acceptors (Lipinski definition) is 4. The average molecular weight is 299 g/mol. The smallest absolute Gasteiger partial charge is 0.224 e. The summed E-state index contributed by atoms with van der Waals surface area (Å²) in [5, 5.41) is 4.32. The second-order valence-electron chi connectivity index (χ2n) is 5.36. The van der Waals surface area contributed by atoms with Crippen molar-refractivity contribution in [1.29, 1.82) is 0 Å². The zero-order valence-electron chi connectivity index (χ0n) is 13.4. The monoisotopic (exact) mass is 299 g/mol. The van der Waals surface area contributed by atoms with Crippen LogP contribution < -0.4 is 5.32 Å². The van der Waals surface area contributed by atoms with Crippen LogP contribution in [0.3, 0.4) is 0 Å². The fraction of sp³-hybridized carbons (Fsp3) is 0.867. The number of thioether (sulfide) groups is 1. The fourth-order valence-electron chi connectivity index (χ4n) is 2.35. The van der Waals surface area contributed by atoms with Crippen LogP contribution in [0.4, 0.5) is 0 Å². The molecule has 0 spiro atoms. The van der Waals surface area contributed by atoms with E-state index in [1.165, 1.54) is 12.8 Å². The first kappa shape index (κ1) is 17.3. The summed E-state index contributed by atoms with van der Waals surface area (Å²) in [7, 11) is 0. The average Bonchev–Trinajstić information content (AvgIpc) is 2.49. The molecule has 1 aliphatic rings. The van der Waals surface area contributed by atoms with Gasteiger partial charge in [0.25, 0.3) is 0 Å². The third-order valence-electron chi connectivity index (χ3n) is 4.30. The molecule has 1 N–H and O–H groups in total. The first-order valence-electron chi connectivity index (χ1n) is 7.79. The van der Waals surface area contributed by atoms with Crippen molar-refractivity contribution in [2.45, 2.75) is 47.0 Å². The van der Waals surface area contributed by atoms with Crippen molar-refractivity contribution in [3.05, 3.63) is 0 Å². The molecule has 0 fully saturated rings. The number of nitrogens with one attached hydrogen (secondary N) is 1. The van der Waals surface area contributed by atoms with Gasteiger partial charge in [0, 0.05) is 38.4 Å². The molecule has 0 aliphatic carbocycles. The highest BCUT2D eigenvalue weighted by atomic mass is 32.2. The van der Waals surface area contributed by atoms with Gasteiger partial charge in [-0.25, -0.2) is 0 Å². The summed E-state index contributed by atoms with van der Waals surface area (Å²) in [5.74, 6) is 1.36. The van der Waals surface area contributed by atoms with E-state index in [-0.39, 0.29) is 5.91 Å². The molecular weight excluding hydrogens is 270 g/mol. The summed E-state index contributed by atoms with van der Waals surface area (Å²) in [6, 6.07) is 0. The van der Waals surface area contributed by atoms with E-state index in [2.05, 4.69) is 24.2 Å². The minimum atomic E-state index is 0.223. The van der Waals surface area contributed by atoms with Gasteiger partial charge in [-0.05, 0) is 32.1 Å². The predicted octanol–water partition coefficient (Wildman–Crippen LogP) is 2.74. The molecule has 0 aromatic heterocycles. The van der Waals surface area contributed by atoms with E-state index in [1.54, 1.807) is 11.8 Å². The Morgan fingerprint density at radius 1 is 1.30 bits per heavy atom. The molecule has 0 saturated carbocycles. The fourth-order valence-corrected chi connectivity index (χ4v) is 3.65. The number of rotatable bonds is 7. The Kier molecular flexibility index (Phi) is 7.41. The summed E-state index contributed by atoms with van der Waals surface area (Å²) in [6.45, 7) is 11.7. The Bertz CT molecular complexity index is 336. The minimum Gasteiger partial charge on any atom is -0.364 e. The van der Waals surface area contributed by atoms with Gasteiger partial charge in [-0.1, -0.05) is 25.6 Å². The van der Waals surface area contributed by atoms with E-state index in [9.17, 15) is 4.79 Å². The Morgan fingerprint density at radius 3 is 2.40 bits per heavy atom. The van der Waals surface area contributed by atoms with Crippen LogP contribution in [0.25, 0.3) is 0 Å². The van der Waals surface area contributed by atoms with Crippen molar-refractivity contribution in [3.63, 3.8) is 0 Å². The summed E-state index contributed by atoms with van der Waals surface area (Å²) in [4.78, 5) is 18.4. The molecule has 5 heteroatoms. The highest BCUT2D eigenvalue weighted by Gasteiger charge is 2.29. The van der Waals surface area contributed by atoms with E-state index >= 15 is 0 Å². The van der Waals surface area contributed by atoms with Gasteiger partial charge in [0.05, 0.1) is 0 Å². The molecule has 0 aromatic rings. The third kappa shape index (κ3) is 4.69. The Balaban J connectivity index is 2.34. The second-order valence-corrected chi connectivity index (χ2v) is 6.32. The summed E-state index contributed by atoms with van der Waals surface area (Å²) >= 11 is 1.80. The van der Waals surface area contributed by atoms with Crippen LogP contribution in [0.5, 0.6) is 0 Å².